The minimum Gasteiger partial charge on any atom is -0.465 e. The number of hydrogen-bond donors (Lipinski definition) is 0. The third-order valence-electron chi connectivity index (χ3n) is 5.67. The van der Waals surface area contributed by atoms with Crippen molar-refractivity contribution in [3.8, 4) is 0 Å². The van der Waals surface area contributed by atoms with Crippen LogP contribution in [0.1, 0.15) is 36.3 Å². The topological polar surface area (TPSA) is 47.7 Å². The molecule has 1 atom stereocenters. The molecule has 0 bridgehead atoms. The molecule has 2 saturated heterocycles. The van der Waals surface area contributed by atoms with E-state index in [4.69, 9.17) is 13.9 Å². The third-order valence-corrected chi connectivity index (χ3v) is 5.67. The van der Waals surface area contributed by atoms with E-state index in [-0.39, 0.29) is 6.10 Å². The summed E-state index contributed by atoms with van der Waals surface area (Å²) in [6, 6.07) is 8.12. The second-order valence-electron chi connectivity index (χ2n) is 7.80. The van der Waals surface area contributed by atoms with E-state index in [9.17, 15) is 0 Å². The number of furan rings is 1. The maximum Gasteiger partial charge on any atom is 0.118 e. The highest BCUT2D eigenvalue weighted by atomic mass is 16.5. The lowest BCUT2D eigenvalue weighted by atomic mass is 9.76. The molecular weight excluding hydrogens is 328 g/mol. The highest BCUT2D eigenvalue weighted by molar-refractivity contribution is 5.07. The van der Waals surface area contributed by atoms with Crippen molar-refractivity contribution in [3.63, 3.8) is 0 Å². The molecule has 2 aliphatic heterocycles. The number of rotatable bonds is 6. The number of hydrogen-bond acceptors (Lipinski definition) is 5. The predicted molar refractivity (Wildman–Crippen MR) is 98.6 cm³/mol. The molecule has 1 spiro atoms. The fourth-order valence-electron chi connectivity index (χ4n) is 4.12. The summed E-state index contributed by atoms with van der Waals surface area (Å²) >= 11 is 0. The third kappa shape index (κ3) is 4.34. The van der Waals surface area contributed by atoms with Gasteiger partial charge >= 0.3 is 0 Å². The first-order valence-electron chi connectivity index (χ1n) is 9.57. The molecule has 4 heterocycles. The van der Waals surface area contributed by atoms with Crippen LogP contribution >= 0.6 is 0 Å². The summed E-state index contributed by atoms with van der Waals surface area (Å²) in [7, 11) is 0. The Kier molecular flexibility index (Phi) is 5.38. The first-order chi connectivity index (χ1) is 12.7. The Morgan fingerprint density at radius 3 is 2.88 bits per heavy atom. The zero-order chi connectivity index (χ0) is 17.8. The molecule has 140 valence electrons. The number of aromatic nitrogens is 1. The van der Waals surface area contributed by atoms with Gasteiger partial charge in [-0.05, 0) is 68.5 Å². The van der Waals surface area contributed by atoms with E-state index in [0.29, 0.717) is 18.6 Å². The van der Waals surface area contributed by atoms with Crippen molar-refractivity contribution in [1.82, 2.24) is 9.88 Å². The van der Waals surface area contributed by atoms with Crippen molar-refractivity contribution in [2.24, 2.45) is 5.41 Å². The average molecular weight is 356 g/mol. The molecule has 5 nitrogen and oxygen atoms in total. The lowest BCUT2D eigenvalue weighted by Crippen LogP contribution is -2.40. The Balaban J connectivity index is 1.20. The number of nitrogens with zero attached hydrogens (tertiary/aromatic N) is 2. The van der Waals surface area contributed by atoms with Crippen LogP contribution < -0.4 is 0 Å². The minimum absolute atomic E-state index is 0.228. The van der Waals surface area contributed by atoms with Crippen molar-refractivity contribution < 1.29 is 13.9 Å². The SMILES string of the molecule is Cc1ccc(CN2CCC3(CC2)COC(COCc2cccnc2)C3)o1. The maximum absolute atomic E-state index is 6.06. The zero-order valence-corrected chi connectivity index (χ0v) is 15.5. The van der Waals surface area contributed by atoms with Gasteiger partial charge in [-0.1, -0.05) is 6.07 Å². The highest BCUT2D eigenvalue weighted by Crippen LogP contribution is 2.42. The second kappa shape index (κ2) is 7.91. The van der Waals surface area contributed by atoms with E-state index in [1.807, 2.05) is 31.3 Å². The molecule has 26 heavy (non-hydrogen) atoms. The summed E-state index contributed by atoms with van der Waals surface area (Å²) in [5, 5.41) is 0. The number of aryl methyl sites for hydroxylation is 1. The molecule has 4 rings (SSSR count). The van der Waals surface area contributed by atoms with Gasteiger partial charge in [-0.15, -0.1) is 0 Å². The van der Waals surface area contributed by atoms with Gasteiger partial charge in [0.15, 0.2) is 0 Å². The number of ether oxygens (including phenoxy) is 2. The van der Waals surface area contributed by atoms with Crippen LogP contribution in [0.3, 0.4) is 0 Å². The summed E-state index contributed by atoms with van der Waals surface area (Å²) < 4.78 is 17.6. The van der Waals surface area contributed by atoms with Crippen LogP contribution in [-0.2, 0) is 22.6 Å². The fraction of sp³-hybridized carbons (Fsp3) is 0.571. The molecule has 0 radical (unpaired) electrons. The van der Waals surface area contributed by atoms with Gasteiger partial charge in [0, 0.05) is 12.4 Å². The molecule has 2 aromatic heterocycles. The molecule has 0 saturated carbocycles. The van der Waals surface area contributed by atoms with E-state index in [1.165, 1.54) is 12.8 Å². The molecule has 2 fully saturated rings. The van der Waals surface area contributed by atoms with Gasteiger partial charge in [-0.25, -0.2) is 0 Å². The average Bonchev–Trinajstić information content (AvgIpc) is 3.25. The van der Waals surface area contributed by atoms with Gasteiger partial charge in [0.25, 0.3) is 0 Å². The van der Waals surface area contributed by atoms with Crippen molar-refractivity contribution >= 4 is 0 Å². The zero-order valence-electron chi connectivity index (χ0n) is 15.5. The van der Waals surface area contributed by atoms with Crippen LogP contribution in [0.2, 0.25) is 0 Å². The van der Waals surface area contributed by atoms with E-state index in [2.05, 4.69) is 16.0 Å². The summed E-state index contributed by atoms with van der Waals surface area (Å²) in [5.41, 5.74) is 1.46. The first kappa shape index (κ1) is 17.7. The predicted octanol–water partition coefficient (Wildman–Crippen LogP) is 3.57. The van der Waals surface area contributed by atoms with Crippen LogP contribution in [0.5, 0.6) is 0 Å². The maximum atomic E-state index is 6.06. The van der Waals surface area contributed by atoms with Gasteiger partial charge in [0.2, 0.25) is 0 Å². The van der Waals surface area contributed by atoms with E-state index in [0.717, 1.165) is 49.7 Å². The largest absolute Gasteiger partial charge is 0.465 e. The van der Waals surface area contributed by atoms with Gasteiger partial charge in [0.1, 0.15) is 11.5 Å². The molecule has 0 N–H and O–H groups in total. The second-order valence-corrected chi connectivity index (χ2v) is 7.80. The van der Waals surface area contributed by atoms with Gasteiger partial charge in [-0.2, -0.15) is 0 Å². The van der Waals surface area contributed by atoms with Crippen molar-refractivity contribution in [2.45, 2.75) is 45.4 Å². The monoisotopic (exact) mass is 356 g/mol. The summed E-state index contributed by atoms with van der Waals surface area (Å²) in [6.07, 6.45) is 7.39. The fourth-order valence-corrected chi connectivity index (χ4v) is 4.12. The smallest absolute Gasteiger partial charge is 0.118 e. The Labute approximate surface area is 155 Å². The molecule has 0 aromatic carbocycles. The van der Waals surface area contributed by atoms with Crippen LogP contribution in [0.15, 0.2) is 41.1 Å². The van der Waals surface area contributed by atoms with Gasteiger partial charge < -0.3 is 13.9 Å². The van der Waals surface area contributed by atoms with Gasteiger partial charge in [-0.3, -0.25) is 9.88 Å². The molecule has 0 amide bonds. The number of pyridine rings is 1. The number of likely N-dealkylation sites (tertiary alicyclic amines) is 1. The van der Waals surface area contributed by atoms with E-state index in [1.54, 1.807) is 6.20 Å². The van der Waals surface area contributed by atoms with Crippen LogP contribution in [0.25, 0.3) is 0 Å². The van der Waals surface area contributed by atoms with Crippen LogP contribution in [0.4, 0.5) is 0 Å². The lowest BCUT2D eigenvalue weighted by Gasteiger charge is -2.38. The molecule has 2 aromatic rings. The summed E-state index contributed by atoms with van der Waals surface area (Å²) in [5.74, 6) is 2.06. The molecule has 0 aliphatic carbocycles. The Hall–Kier alpha value is -1.69. The minimum atomic E-state index is 0.228. The molecule has 5 heteroatoms. The molecule has 1 unspecified atom stereocenters. The Morgan fingerprint density at radius 1 is 1.27 bits per heavy atom. The van der Waals surface area contributed by atoms with E-state index >= 15 is 0 Å². The van der Waals surface area contributed by atoms with E-state index < -0.39 is 0 Å². The summed E-state index contributed by atoms with van der Waals surface area (Å²) in [4.78, 5) is 6.61. The standard InChI is InChI=1S/C21H28N2O3/c1-17-4-5-19(26-17)13-23-9-6-21(7-10-23)11-20(25-16-21)15-24-14-18-3-2-8-22-12-18/h2-5,8,12,20H,6-7,9-11,13-16H2,1H3. The van der Waals surface area contributed by atoms with Crippen LogP contribution in [0, 0.1) is 12.3 Å². The highest BCUT2D eigenvalue weighted by Gasteiger charge is 2.42. The molecule has 2 aliphatic rings. The Bertz CT molecular complexity index is 692. The lowest BCUT2D eigenvalue weighted by molar-refractivity contribution is 0.00618. The Morgan fingerprint density at radius 2 is 2.15 bits per heavy atom. The normalized spacial score (nSPS) is 22.9. The molecular formula is C21H28N2O3. The van der Waals surface area contributed by atoms with Crippen molar-refractivity contribution in [3.05, 3.63) is 53.7 Å². The van der Waals surface area contributed by atoms with Crippen LogP contribution in [-0.4, -0.2) is 42.3 Å². The summed E-state index contributed by atoms with van der Waals surface area (Å²) in [6.45, 7) is 7.31. The van der Waals surface area contributed by atoms with Crippen molar-refractivity contribution in [2.75, 3.05) is 26.3 Å². The van der Waals surface area contributed by atoms with Gasteiger partial charge in [0.05, 0.1) is 32.5 Å². The van der Waals surface area contributed by atoms with Crippen molar-refractivity contribution in [1.29, 1.82) is 0 Å². The first-order valence-corrected chi connectivity index (χ1v) is 9.57. The number of piperidine rings is 1. The quantitative estimate of drug-likeness (QED) is 0.792.